The minimum absolute atomic E-state index is 0.420. The van der Waals surface area contributed by atoms with Crippen LogP contribution in [0.5, 0.6) is 0 Å². The molecule has 0 saturated carbocycles. The molecule has 1 aromatic carbocycles. The third-order valence-electron chi connectivity index (χ3n) is 2.18. The Balaban J connectivity index is 2.65. The van der Waals surface area contributed by atoms with Crippen LogP contribution in [0.15, 0.2) is 34.7 Å². The Hall–Kier alpha value is -1.13. The summed E-state index contributed by atoms with van der Waals surface area (Å²) in [6, 6.07) is 5.30. The van der Waals surface area contributed by atoms with Crippen LogP contribution >= 0.6 is 23.4 Å². The smallest absolute Gasteiger partial charge is 0.331 e. The molecular formula is C12H14ClNO2S. The summed E-state index contributed by atoms with van der Waals surface area (Å²) in [5, 5.41) is 9.44. The lowest BCUT2D eigenvalue weighted by molar-refractivity contribution is -0.132. The van der Waals surface area contributed by atoms with Gasteiger partial charge in [-0.2, -0.15) is 0 Å². The average molecular weight is 272 g/mol. The van der Waals surface area contributed by atoms with Crippen LogP contribution in [-0.2, 0) is 4.79 Å². The van der Waals surface area contributed by atoms with Crippen LogP contribution in [0.2, 0.25) is 5.02 Å². The molecule has 0 saturated heterocycles. The van der Waals surface area contributed by atoms with E-state index in [1.54, 1.807) is 18.2 Å². The first kappa shape index (κ1) is 13.9. The first-order valence-electron chi connectivity index (χ1n) is 5.14. The summed E-state index contributed by atoms with van der Waals surface area (Å²) in [6.45, 7) is 1.82. The molecule has 3 N–H and O–H groups in total. The second-order valence-corrected chi connectivity index (χ2v) is 4.86. The van der Waals surface area contributed by atoms with Crippen molar-refractivity contribution in [1.82, 2.24) is 0 Å². The van der Waals surface area contributed by atoms with Crippen molar-refractivity contribution in [3.63, 3.8) is 0 Å². The highest BCUT2D eigenvalue weighted by Gasteiger charge is 2.04. The fourth-order valence-electron chi connectivity index (χ4n) is 1.25. The molecule has 0 aliphatic carbocycles. The third-order valence-corrected chi connectivity index (χ3v) is 3.61. The zero-order valence-electron chi connectivity index (χ0n) is 9.44. The van der Waals surface area contributed by atoms with E-state index in [-0.39, 0.29) is 0 Å². The normalized spacial score (nSPS) is 11.5. The van der Waals surface area contributed by atoms with Gasteiger partial charge in [-0.3, -0.25) is 0 Å². The minimum atomic E-state index is -0.864. The fourth-order valence-corrected chi connectivity index (χ4v) is 2.43. The molecule has 0 bridgehead atoms. The Labute approximate surface area is 110 Å². The number of nitrogen functional groups attached to an aromatic ring is 1. The van der Waals surface area contributed by atoms with Gasteiger partial charge in [-0.25, -0.2) is 4.79 Å². The lowest BCUT2D eigenvalue weighted by Crippen LogP contribution is -1.99. The molecule has 92 valence electrons. The van der Waals surface area contributed by atoms with Crippen molar-refractivity contribution < 1.29 is 9.90 Å². The molecule has 0 radical (unpaired) electrons. The predicted molar refractivity (Wildman–Crippen MR) is 72.6 cm³/mol. The van der Waals surface area contributed by atoms with Gasteiger partial charge in [0.2, 0.25) is 0 Å². The van der Waals surface area contributed by atoms with E-state index in [4.69, 9.17) is 22.4 Å². The number of aliphatic carboxylic acids is 1. The number of nitrogens with two attached hydrogens (primary N) is 1. The molecule has 1 aromatic rings. The van der Waals surface area contributed by atoms with E-state index in [0.717, 1.165) is 4.90 Å². The zero-order valence-corrected chi connectivity index (χ0v) is 11.0. The van der Waals surface area contributed by atoms with Crippen LogP contribution in [-0.4, -0.2) is 16.8 Å². The lowest BCUT2D eigenvalue weighted by Gasteiger charge is -2.03. The second-order valence-electron chi connectivity index (χ2n) is 3.39. The zero-order chi connectivity index (χ0) is 12.8. The van der Waals surface area contributed by atoms with Crippen LogP contribution in [0.25, 0.3) is 0 Å². The van der Waals surface area contributed by atoms with Crippen LogP contribution in [0.1, 0.15) is 13.3 Å². The first-order chi connectivity index (χ1) is 8.04. The van der Waals surface area contributed by atoms with Crippen LogP contribution < -0.4 is 5.73 Å². The van der Waals surface area contributed by atoms with Gasteiger partial charge in [0.05, 0.1) is 5.02 Å². The van der Waals surface area contributed by atoms with Gasteiger partial charge in [0.25, 0.3) is 0 Å². The van der Waals surface area contributed by atoms with Gasteiger partial charge >= 0.3 is 5.97 Å². The standard InChI is InChI=1S/C12H14ClNO2S/c1-2-8(12(15)16)5-6-17-11-4-3-9(14)7-10(11)13/h3-5,7H,2,6,14H2,1H3,(H,15,16). The Morgan fingerprint density at radius 1 is 1.59 bits per heavy atom. The van der Waals surface area contributed by atoms with Crippen LogP contribution in [0.4, 0.5) is 5.69 Å². The fraction of sp³-hybridized carbons (Fsp3) is 0.250. The lowest BCUT2D eigenvalue weighted by atomic mass is 10.2. The van der Waals surface area contributed by atoms with Crippen LogP contribution in [0, 0.1) is 0 Å². The molecule has 3 nitrogen and oxygen atoms in total. The maximum absolute atomic E-state index is 10.8. The number of carbonyl (C=O) groups is 1. The largest absolute Gasteiger partial charge is 0.478 e. The van der Waals surface area contributed by atoms with Crippen molar-refractivity contribution in [2.24, 2.45) is 0 Å². The number of thioether (sulfide) groups is 1. The van der Waals surface area contributed by atoms with E-state index in [0.29, 0.717) is 28.5 Å². The molecule has 5 heteroatoms. The van der Waals surface area contributed by atoms with E-state index in [2.05, 4.69) is 0 Å². The number of hydrogen-bond acceptors (Lipinski definition) is 3. The quantitative estimate of drug-likeness (QED) is 0.489. The second kappa shape index (κ2) is 6.57. The van der Waals surface area contributed by atoms with Crippen molar-refractivity contribution in [2.75, 3.05) is 11.5 Å². The Morgan fingerprint density at radius 3 is 2.82 bits per heavy atom. The van der Waals surface area contributed by atoms with Gasteiger partial charge in [-0.15, -0.1) is 11.8 Å². The summed E-state index contributed by atoms with van der Waals surface area (Å²) in [5.74, 6) is -0.282. The molecule has 1 rings (SSSR count). The van der Waals surface area contributed by atoms with Gasteiger partial charge in [-0.1, -0.05) is 24.6 Å². The molecule has 0 spiro atoms. The Morgan fingerprint density at radius 2 is 2.29 bits per heavy atom. The molecule has 0 aliphatic heterocycles. The molecule has 0 aliphatic rings. The molecule has 0 amide bonds. The molecule has 0 aromatic heterocycles. The van der Waals surface area contributed by atoms with Crippen molar-refractivity contribution >= 4 is 35.0 Å². The van der Waals surface area contributed by atoms with Gasteiger partial charge in [0, 0.05) is 21.9 Å². The van der Waals surface area contributed by atoms with Gasteiger partial charge < -0.3 is 10.8 Å². The highest BCUT2D eigenvalue weighted by Crippen LogP contribution is 2.29. The number of rotatable bonds is 5. The number of hydrogen-bond donors (Lipinski definition) is 2. The summed E-state index contributed by atoms with van der Waals surface area (Å²) in [4.78, 5) is 11.7. The van der Waals surface area contributed by atoms with E-state index >= 15 is 0 Å². The maximum Gasteiger partial charge on any atom is 0.331 e. The third kappa shape index (κ3) is 4.32. The highest BCUT2D eigenvalue weighted by molar-refractivity contribution is 7.99. The van der Waals surface area contributed by atoms with Crippen LogP contribution in [0.3, 0.4) is 0 Å². The van der Waals surface area contributed by atoms with Gasteiger partial charge in [0.15, 0.2) is 0 Å². The summed E-state index contributed by atoms with van der Waals surface area (Å²) >= 11 is 7.49. The molecule has 0 heterocycles. The molecule has 0 fully saturated rings. The number of halogens is 1. The highest BCUT2D eigenvalue weighted by atomic mass is 35.5. The topological polar surface area (TPSA) is 63.3 Å². The number of benzene rings is 1. The summed E-state index contributed by atoms with van der Waals surface area (Å²) < 4.78 is 0. The number of carboxylic acid groups (broad SMARTS) is 1. The van der Waals surface area contributed by atoms with Gasteiger partial charge in [-0.05, 0) is 24.6 Å². The summed E-state index contributed by atoms with van der Waals surface area (Å²) in [5.41, 5.74) is 6.62. The number of anilines is 1. The summed E-state index contributed by atoms with van der Waals surface area (Å²) in [7, 11) is 0. The SMILES string of the molecule is CCC(=CCSc1ccc(N)cc1Cl)C(=O)O. The van der Waals surface area contributed by atoms with E-state index < -0.39 is 5.97 Å². The maximum atomic E-state index is 10.8. The Bertz CT molecular complexity index is 446. The monoisotopic (exact) mass is 271 g/mol. The average Bonchev–Trinajstić information content (AvgIpc) is 2.26. The van der Waals surface area contributed by atoms with Crippen molar-refractivity contribution in [3.05, 3.63) is 34.9 Å². The van der Waals surface area contributed by atoms with Crippen molar-refractivity contribution in [3.8, 4) is 0 Å². The van der Waals surface area contributed by atoms with Crippen molar-refractivity contribution in [2.45, 2.75) is 18.2 Å². The van der Waals surface area contributed by atoms with Gasteiger partial charge in [0.1, 0.15) is 0 Å². The minimum Gasteiger partial charge on any atom is -0.478 e. The molecule has 17 heavy (non-hydrogen) atoms. The molecular weight excluding hydrogens is 258 g/mol. The van der Waals surface area contributed by atoms with Crippen molar-refractivity contribution in [1.29, 1.82) is 0 Å². The summed E-state index contributed by atoms with van der Waals surface area (Å²) in [6.07, 6.45) is 2.23. The van der Waals surface area contributed by atoms with E-state index in [9.17, 15) is 4.79 Å². The van der Waals surface area contributed by atoms with E-state index in [1.807, 2.05) is 13.0 Å². The number of carboxylic acids is 1. The molecule has 0 atom stereocenters. The van der Waals surface area contributed by atoms with E-state index in [1.165, 1.54) is 11.8 Å². The first-order valence-corrected chi connectivity index (χ1v) is 6.51. The predicted octanol–water partition coefficient (Wildman–Crippen LogP) is 3.44. The Kier molecular flexibility index (Phi) is 5.38. The molecule has 0 unspecified atom stereocenters.